The minimum atomic E-state index is -0.286. The molecule has 0 bridgehead atoms. The van der Waals surface area contributed by atoms with Gasteiger partial charge in [0.2, 0.25) is 0 Å². The second kappa shape index (κ2) is 12.6. The SMILES string of the molecule is CSC(=Nc1ccccc1)C(c1ccc(Cl)nc1)C(Sc1ccc(F)cc1)Sc1ccc(F)cc1. The van der Waals surface area contributed by atoms with Crippen LogP contribution < -0.4 is 0 Å². The summed E-state index contributed by atoms with van der Waals surface area (Å²) in [6, 6.07) is 26.4. The molecule has 0 aliphatic heterocycles. The van der Waals surface area contributed by atoms with Gasteiger partial charge in [-0.25, -0.2) is 18.8 Å². The zero-order valence-corrected chi connectivity index (χ0v) is 21.9. The third kappa shape index (κ3) is 7.34. The molecule has 0 aliphatic carbocycles. The lowest BCUT2D eigenvalue weighted by molar-refractivity contribution is 0.626. The molecule has 35 heavy (non-hydrogen) atoms. The molecule has 0 saturated carbocycles. The minimum absolute atomic E-state index is 0.121. The van der Waals surface area contributed by atoms with E-state index in [2.05, 4.69) is 4.98 Å². The van der Waals surface area contributed by atoms with Crippen molar-refractivity contribution in [3.8, 4) is 0 Å². The maximum Gasteiger partial charge on any atom is 0.129 e. The molecule has 2 nitrogen and oxygen atoms in total. The summed E-state index contributed by atoms with van der Waals surface area (Å²) >= 11 is 10.9. The first-order chi connectivity index (χ1) is 17.0. The molecule has 178 valence electrons. The van der Waals surface area contributed by atoms with Gasteiger partial charge in [-0.15, -0.1) is 35.3 Å². The predicted octanol–water partition coefficient (Wildman–Crippen LogP) is 9.10. The summed E-state index contributed by atoms with van der Waals surface area (Å²) in [4.78, 5) is 11.1. The zero-order valence-electron chi connectivity index (χ0n) is 18.6. The summed E-state index contributed by atoms with van der Waals surface area (Å²) in [5.41, 5.74) is 1.80. The first-order valence-electron chi connectivity index (χ1n) is 10.7. The average Bonchev–Trinajstić information content (AvgIpc) is 2.88. The van der Waals surface area contributed by atoms with Crippen LogP contribution in [0.1, 0.15) is 11.5 Å². The number of rotatable bonds is 8. The Balaban J connectivity index is 1.81. The van der Waals surface area contributed by atoms with Crippen LogP contribution in [0.3, 0.4) is 0 Å². The molecule has 4 aromatic rings. The first-order valence-corrected chi connectivity index (χ1v) is 14.0. The number of aliphatic imine (C=N–C) groups is 1. The lowest BCUT2D eigenvalue weighted by Crippen LogP contribution is -2.20. The first kappa shape index (κ1) is 25.8. The summed E-state index contributed by atoms with van der Waals surface area (Å²) < 4.78 is 27.1. The molecular weight excluding hydrogens is 522 g/mol. The second-order valence-electron chi connectivity index (χ2n) is 7.39. The van der Waals surface area contributed by atoms with Crippen LogP contribution in [0.2, 0.25) is 5.15 Å². The van der Waals surface area contributed by atoms with Crippen LogP contribution in [-0.2, 0) is 0 Å². The van der Waals surface area contributed by atoms with Crippen molar-refractivity contribution >= 4 is 57.6 Å². The lowest BCUT2D eigenvalue weighted by Gasteiger charge is -2.27. The smallest absolute Gasteiger partial charge is 0.129 e. The van der Waals surface area contributed by atoms with Gasteiger partial charge >= 0.3 is 0 Å². The highest BCUT2D eigenvalue weighted by Crippen LogP contribution is 2.46. The second-order valence-corrected chi connectivity index (χ2v) is 11.3. The molecule has 0 spiro atoms. The van der Waals surface area contributed by atoms with Crippen molar-refractivity contribution in [3.05, 3.63) is 120 Å². The molecule has 1 unspecified atom stereocenters. The Labute approximate surface area is 221 Å². The lowest BCUT2D eigenvalue weighted by atomic mass is 10.0. The van der Waals surface area contributed by atoms with Gasteiger partial charge in [-0.2, -0.15) is 0 Å². The van der Waals surface area contributed by atoms with E-state index in [4.69, 9.17) is 16.6 Å². The van der Waals surface area contributed by atoms with Gasteiger partial charge < -0.3 is 0 Å². The molecule has 0 amide bonds. The van der Waals surface area contributed by atoms with Crippen molar-refractivity contribution in [1.29, 1.82) is 0 Å². The highest BCUT2D eigenvalue weighted by Gasteiger charge is 2.31. The predicted molar refractivity (Wildman–Crippen MR) is 147 cm³/mol. The third-order valence-electron chi connectivity index (χ3n) is 4.98. The Morgan fingerprint density at radius 3 is 1.86 bits per heavy atom. The fourth-order valence-corrected chi connectivity index (χ4v) is 7.15. The Morgan fingerprint density at radius 2 is 1.37 bits per heavy atom. The standard InChI is InChI=1S/C27H21ClF2N2S3/c1-33-26(32-21-5-3-2-4-6-21)25(18-7-16-24(28)31-17-18)27(34-22-12-8-19(29)9-13-22)35-23-14-10-20(30)11-15-23/h2-17,25,27H,1H3. The maximum absolute atomic E-state index is 13.6. The molecule has 0 saturated heterocycles. The summed E-state index contributed by atoms with van der Waals surface area (Å²) in [7, 11) is 0. The van der Waals surface area contributed by atoms with Crippen LogP contribution in [0, 0.1) is 11.6 Å². The monoisotopic (exact) mass is 542 g/mol. The van der Waals surface area contributed by atoms with E-state index in [0.29, 0.717) is 5.15 Å². The van der Waals surface area contributed by atoms with Crippen molar-refractivity contribution in [2.45, 2.75) is 20.3 Å². The number of thioether (sulfide) groups is 3. The molecule has 4 rings (SSSR count). The Hall–Kier alpha value is -2.32. The van der Waals surface area contributed by atoms with E-state index in [1.54, 1.807) is 71.8 Å². The van der Waals surface area contributed by atoms with Crippen molar-refractivity contribution in [2.24, 2.45) is 4.99 Å². The highest BCUT2D eigenvalue weighted by molar-refractivity contribution is 8.17. The van der Waals surface area contributed by atoms with Gasteiger partial charge in [-0.1, -0.05) is 35.9 Å². The Bertz CT molecular complexity index is 1210. The Kier molecular flexibility index (Phi) is 9.26. The number of hydrogen-bond acceptors (Lipinski definition) is 5. The number of nitrogens with zero attached hydrogens (tertiary/aromatic N) is 2. The summed E-state index contributed by atoms with van der Waals surface area (Å²) in [5.74, 6) is -0.753. The number of pyridine rings is 1. The molecule has 0 aliphatic rings. The number of para-hydroxylation sites is 1. The molecule has 1 heterocycles. The largest absolute Gasteiger partial charge is 0.246 e. The van der Waals surface area contributed by atoms with Crippen LogP contribution in [-0.4, -0.2) is 20.9 Å². The van der Waals surface area contributed by atoms with E-state index in [9.17, 15) is 8.78 Å². The fourth-order valence-electron chi connectivity index (χ4n) is 3.31. The molecular formula is C27H21ClF2N2S3. The minimum Gasteiger partial charge on any atom is -0.246 e. The van der Waals surface area contributed by atoms with Gasteiger partial charge in [-0.3, -0.25) is 0 Å². The topological polar surface area (TPSA) is 25.2 Å². The third-order valence-corrected chi connectivity index (χ3v) is 8.65. The fraction of sp³-hybridized carbons (Fsp3) is 0.111. The molecule has 1 aromatic heterocycles. The molecule has 0 N–H and O–H groups in total. The van der Waals surface area contributed by atoms with Gasteiger partial charge in [0.25, 0.3) is 0 Å². The quantitative estimate of drug-likeness (QED) is 0.0728. The van der Waals surface area contributed by atoms with Gasteiger partial charge in [0.1, 0.15) is 16.8 Å². The Morgan fingerprint density at radius 1 is 0.800 bits per heavy atom. The van der Waals surface area contributed by atoms with Crippen molar-refractivity contribution < 1.29 is 8.78 Å². The summed E-state index contributed by atoms with van der Waals surface area (Å²) in [5, 5.41) is 1.31. The van der Waals surface area contributed by atoms with E-state index in [-0.39, 0.29) is 22.1 Å². The summed E-state index contributed by atoms with van der Waals surface area (Å²) in [6.07, 6.45) is 3.77. The van der Waals surface area contributed by atoms with E-state index in [1.165, 1.54) is 24.3 Å². The highest BCUT2D eigenvalue weighted by atomic mass is 35.5. The van der Waals surface area contributed by atoms with Crippen LogP contribution in [0.25, 0.3) is 0 Å². The van der Waals surface area contributed by atoms with Crippen molar-refractivity contribution in [1.82, 2.24) is 4.98 Å². The number of benzene rings is 3. The molecule has 3 aromatic carbocycles. The van der Waals surface area contributed by atoms with Crippen LogP contribution in [0.5, 0.6) is 0 Å². The van der Waals surface area contributed by atoms with Gasteiger partial charge in [0.15, 0.2) is 0 Å². The van der Waals surface area contributed by atoms with Gasteiger partial charge in [-0.05, 0) is 78.5 Å². The number of halogens is 3. The van der Waals surface area contributed by atoms with Crippen LogP contribution in [0.4, 0.5) is 14.5 Å². The molecule has 8 heteroatoms. The average molecular weight is 543 g/mol. The van der Waals surface area contributed by atoms with E-state index < -0.39 is 0 Å². The van der Waals surface area contributed by atoms with E-state index in [0.717, 1.165) is 26.1 Å². The van der Waals surface area contributed by atoms with Crippen LogP contribution in [0.15, 0.2) is 112 Å². The van der Waals surface area contributed by atoms with Crippen LogP contribution >= 0.6 is 46.9 Å². The van der Waals surface area contributed by atoms with Gasteiger partial charge in [0.05, 0.1) is 21.2 Å². The van der Waals surface area contributed by atoms with Gasteiger partial charge in [0, 0.05) is 16.0 Å². The maximum atomic E-state index is 13.6. The zero-order chi connectivity index (χ0) is 24.6. The van der Waals surface area contributed by atoms with Crippen molar-refractivity contribution in [2.75, 3.05) is 6.26 Å². The number of aromatic nitrogens is 1. The molecule has 1 atom stereocenters. The molecule has 0 fully saturated rings. The van der Waals surface area contributed by atoms with E-state index >= 15 is 0 Å². The number of hydrogen-bond donors (Lipinski definition) is 0. The molecule has 0 radical (unpaired) electrons. The normalized spacial score (nSPS) is 12.7. The van der Waals surface area contributed by atoms with Crippen molar-refractivity contribution in [3.63, 3.8) is 0 Å². The summed E-state index contributed by atoms with van der Waals surface area (Å²) in [6.45, 7) is 0. The van der Waals surface area contributed by atoms with E-state index in [1.807, 2.05) is 42.7 Å².